The van der Waals surface area contributed by atoms with Crippen molar-refractivity contribution in [3.63, 3.8) is 0 Å². The van der Waals surface area contributed by atoms with E-state index >= 15 is 0 Å². The number of methoxy groups -OCH3 is 1. The van der Waals surface area contributed by atoms with Crippen molar-refractivity contribution in [1.29, 1.82) is 0 Å². The molecule has 1 amide bonds. The second-order valence-electron chi connectivity index (χ2n) is 11.8. The van der Waals surface area contributed by atoms with Crippen LogP contribution in [-0.4, -0.2) is 32.6 Å². The molecular formula is C34H27F9N2O5S. The van der Waals surface area contributed by atoms with Gasteiger partial charge in [0.05, 0.1) is 41.3 Å². The first kappa shape index (κ1) is 37.5. The van der Waals surface area contributed by atoms with E-state index in [1.807, 2.05) is 0 Å². The highest BCUT2D eigenvalue weighted by atomic mass is 32.2. The first-order valence-electron chi connectivity index (χ1n) is 14.8. The minimum atomic E-state index is -5.18. The minimum absolute atomic E-state index is 0.0743. The van der Waals surface area contributed by atoms with E-state index in [4.69, 9.17) is 14.6 Å². The zero-order chi connectivity index (χ0) is 37.8. The molecule has 1 fully saturated rings. The van der Waals surface area contributed by atoms with Crippen LogP contribution in [0, 0.1) is 6.92 Å². The molecule has 0 aliphatic carbocycles. The van der Waals surface area contributed by atoms with Gasteiger partial charge in [0.15, 0.2) is 0 Å². The molecule has 4 aromatic rings. The Labute approximate surface area is 285 Å². The van der Waals surface area contributed by atoms with Gasteiger partial charge in [-0.15, -0.1) is 0 Å². The number of aryl methyl sites for hydroxylation is 1. The van der Waals surface area contributed by atoms with Crippen LogP contribution in [0.2, 0.25) is 0 Å². The average molecular weight is 747 g/mol. The zero-order valence-electron chi connectivity index (χ0n) is 26.7. The van der Waals surface area contributed by atoms with E-state index < -0.39 is 75.6 Å². The van der Waals surface area contributed by atoms with Crippen LogP contribution in [0.15, 0.2) is 77.7 Å². The SMILES string of the molecule is COc1ccc(-c2ccc(S(N)(=O)=O)cc2C)cc1-c1ccc(C(F)(F)F)cc1CN1C(=O)O[C@H](c2cc(C(F)(F)F)cc(C(F)(F)F)c2)[C@@H]1C. The Morgan fingerprint density at radius 1 is 0.765 bits per heavy atom. The Morgan fingerprint density at radius 2 is 1.35 bits per heavy atom. The van der Waals surface area contributed by atoms with E-state index in [-0.39, 0.29) is 33.4 Å². The number of primary sulfonamides is 1. The summed E-state index contributed by atoms with van der Waals surface area (Å²) >= 11 is 0. The number of halogens is 9. The summed E-state index contributed by atoms with van der Waals surface area (Å²) in [5, 5.41) is 5.24. The van der Waals surface area contributed by atoms with Crippen LogP contribution in [0.4, 0.5) is 44.3 Å². The maximum absolute atomic E-state index is 13.9. The fraction of sp³-hybridized carbons (Fsp3) is 0.265. The van der Waals surface area contributed by atoms with Crippen LogP contribution in [0.25, 0.3) is 22.3 Å². The van der Waals surface area contributed by atoms with E-state index in [0.29, 0.717) is 28.8 Å². The molecule has 0 saturated carbocycles. The highest BCUT2D eigenvalue weighted by Gasteiger charge is 2.44. The molecule has 0 spiro atoms. The van der Waals surface area contributed by atoms with Gasteiger partial charge < -0.3 is 9.47 Å². The highest BCUT2D eigenvalue weighted by Crippen LogP contribution is 2.44. The molecule has 51 heavy (non-hydrogen) atoms. The maximum atomic E-state index is 13.9. The van der Waals surface area contributed by atoms with E-state index in [0.717, 1.165) is 23.1 Å². The lowest BCUT2D eigenvalue weighted by Gasteiger charge is -2.24. The second kappa shape index (κ2) is 13.1. The summed E-state index contributed by atoms with van der Waals surface area (Å²) in [5.74, 6) is 0.192. The van der Waals surface area contributed by atoms with Gasteiger partial charge in [-0.1, -0.05) is 18.2 Å². The van der Waals surface area contributed by atoms with Crippen molar-refractivity contribution in [2.24, 2.45) is 5.14 Å². The van der Waals surface area contributed by atoms with Crippen molar-refractivity contribution in [3.05, 3.63) is 106 Å². The monoisotopic (exact) mass is 746 g/mol. The van der Waals surface area contributed by atoms with Crippen LogP contribution >= 0.6 is 0 Å². The second-order valence-corrected chi connectivity index (χ2v) is 13.4. The number of sulfonamides is 1. The lowest BCUT2D eigenvalue weighted by atomic mass is 9.92. The Hall–Kier alpha value is -4.77. The average Bonchev–Trinajstić information content (AvgIpc) is 3.31. The van der Waals surface area contributed by atoms with Crippen molar-refractivity contribution in [2.75, 3.05) is 7.11 Å². The summed E-state index contributed by atoms with van der Waals surface area (Å²) in [6.45, 7) is 2.30. The molecule has 5 rings (SSSR count). The third-order valence-corrected chi connectivity index (χ3v) is 9.34. The molecule has 2 atom stereocenters. The summed E-state index contributed by atoms with van der Waals surface area (Å²) in [6.07, 6.45) is -18.0. The molecule has 1 saturated heterocycles. The van der Waals surface area contributed by atoms with Gasteiger partial charge in [0.1, 0.15) is 11.9 Å². The number of nitrogens with zero attached hydrogens (tertiary/aromatic N) is 1. The maximum Gasteiger partial charge on any atom is 0.416 e. The Morgan fingerprint density at radius 3 is 1.88 bits per heavy atom. The lowest BCUT2D eigenvalue weighted by Crippen LogP contribution is -2.32. The van der Waals surface area contributed by atoms with Gasteiger partial charge in [0.25, 0.3) is 0 Å². The molecule has 1 heterocycles. The molecule has 17 heteroatoms. The van der Waals surface area contributed by atoms with Gasteiger partial charge in [-0.3, -0.25) is 4.90 Å². The fourth-order valence-corrected chi connectivity index (χ4v) is 6.47. The van der Waals surface area contributed by atoms with Gasteiger partial charge in [-0.05, 0) is 102 Å². The molecule has 1 aliphatic heterocycles. The Balaban J connectivity index is 1.60. The van der Waals surface area contributed by atoms with Gasteiger partial charge >= 0.3 is 24.6 Å². The van der Waals surface area contributed by atoms with Gasteiger partial charge in [0.2, 0.25) is 10.0 Å². The van der Waals surface area contributed by atoms with Crippen molar-refractivity contribution in [3.8, 4) is 28.0 Å². The predicted octanol–water partition coefficient (Wildman–Crippen LogP) is 9.12. The molecular weight excluding hydrogens is 719 g/mol. The first-order chi connectivity index (χ1) is 23.5. The summed E-state index contributed by atoms with van der Waals surface area (Å²) in [4.78, 5) is 13.9. The number of amides is 1. The van der Waals surface area contributed by atoms with Crippen LogP contribution < -0.4 is 9.88 Å². The standard InChI is InChI=1S/C34H27F9N2O5S/c1-17-10-25(51(44,47)48)6-8-26(17)19-4-9-29(49-3)28(14-19)27-7-5-22(32(35,36)37)13-21(27)16-45-18(2)30(50-31(45)46)20-11-23(33(38,39)40)15-24(12-20)34(41,42)43/h4-15,18,30H,16H2,1-3H3,(H2,44,47,48)/t18-,30-/m0/s1. The highest BCUT2D eigenvalue weighted by molar-refractivity contribution is 7.89. The van der Waals surface area contributed by atoms with Gasteiger partial charge in [0, 0.05) is 5.56 Å². The molecule has 1 aliphatic rings. The van der Waals surface area contributed by atoms with Crippen LogP contribution in [0.3, 0.4) is 0 Å². The number of benzene rings is 4. The number of rotatable bonds is 7. The largest absolute Gasteiger partial charge is 0.496 e. The molecule has 0 unspecified atom stereocenters. The molecule has 7 nitrogen and oxygen atoms in total. The van der Waals surface area contributed by atoms with Crippen molar-refractivity contribution < 1.29 is 62.2 Å². The molecule has 0 bridgehead atoms. The van der Waals surface area contributed by atoms with Gasteiger partial charge in [-0.2, -0.15) is 39.5 Å². The fourth-order valence-electron chi connectivity index (χ4n) is 5.87. The van der Waals surface area contributed by atoms with Crippen molar-refractivity contribution >= 4 is 16.1 Å². The quantitative estimate of drug-likeness (QED) is 0.190. The number of hydrogen-bond donors (Lipinski definition) is 1. The number of ether oxygens (including phenoxy) is 2. The smallest absolute Gasteiger partial charge is 0.416 e. The summed E-state index contributed by atoms with van der Waals surface area (Å²) in [7, 11) is -2.71. The normalized spacial score (nSPS) is 17.1. The molecule has 272 valence electrons. The van der Waals surface area contributed by atoms with E-state index in [1.165, 1.54) is 38.3 Å². The number of nitrogens with two attached hydrogens (primary N) is 1. The van der Waals surface area contributed by atoms with E-state index in [2.05, 4.69) is 0 Å². The van der Waals surface area contributed by atoms with Gasteiger partial charge in [-0.25, -0.2) is 18.4 Å². The third kappa shape index (κ3) is 7.78. The number of cyclic esters (lactones) is 1. The topological polar surface area (TPSA) is 98.9 Å². The van der Waals surface area contributed by atoms with Crippen LogP contribution in [-0.2, 0) is 39.8 Å². The lowest BCUT2D eigenvalue weighted by molar-refractivity contribution is -0.143. The summed E-state index contributed by atoms with van der Waals surface area (Å²) < 4.78 is 158. The summed E-state index contributed by atoms with van der Waals surface area (Å²) in [6, 6.07) is 11.1. The molecule has 4 aromatic carbocycles. The molecule has 0 radical (unpaired) electrons. The van der Waals surface area contributed by atoms with E-state index in [9.17, 15) is 52.7 Å². The minimum Gasteiger partial charge on any atom is -0.496 e. The van der Waals surface area contributed by atoms with E-state index in [1.54, 1.807) is 19.1 Å². The number of carbonyl (C=O) groups is 1. The Bertz CT molecular complexity index is 2080. The number of carbonyl (C=O) groups excluding carboxylic acids is 1. The van der Waals surface area contributed by atoms with Crippen molar-refractivity contribution in [2.45, 2.75) is 56.0 Å². The summed E-state index contributed by atoms with van der Waals surface area (Å²) in [5.41, 5.74) is -3.16. The first-order valence-corrected chi connectivity index (χ1v) is 16.3. The number of alkyl halides is 9. The van der Waals surface area contributed by atoms with Crippen LogP contribution in [0.1, 0.15) is 46.4 Å². The third-order valence-electron chi connectivity index (χ3n) is 8.43. The molecule has 2 N–H and O–H groups in total. The zero-order valence-corrected chi connectivity index (χ0v) is 27.5. The van der Waals surface area contributed by atoms with Crippen molar-refractivity contribution in [1.82, 2.24) is 4.90 Å². The number of hydrogen-bond acceptors (Lipinski definition) is 5. The Kier molecular flexibility index (Phi) is 9.62. The predicted molar refractivity (Wildman–Crippen MR) is 166 cm³/mol. The molecule has 0 aromatic heterocycles. The van der Waals surface area contributed by atoms with Crippen LogP contribution in [0.5, 0.6) is 5.75 Å².